The molecule has 0 saturated heterocycles. The van der Waals surface area contributed by atoms with E-state index in [9.17, 15) is 4.79 Å². The molecule has 5 rings (SSSR count). The number of hydrogen-bond donors (Lipinski definition) is 1. The highest BCUT2D eigenvalue weighted by Gasteiger charge is 2.69. The van der Waals surface area contributed by atoms with Gasteiger partial charge >= 0.3 is 0 Å². The Morgan fingerprint density at radius 3 is 2.67 bits per heavy atom. The Kier molecular flexibility index (Phi) is 2.76. The Morgan fingerprint density at radius 1 is 1.24 bits per heavy atom. The van der Waals surface area contributed by atoms with Crippen molar-refractivity contribution in [3.05, 3.63) is 35.9 Å². The molecule has 112 valence electrons. The summed E-state index contributed by atoms with van der Waals surface area (Å²) in [6.45, 7) is 2.27. The van der Waals surface area contributed by atoms with E-state index in [-0.39, 0.29) is 16.7 Å². The lowest BCUT2D eigenvalue weighted by molar-refractivity contribution is -0.129. The quantitative estimate of drug-likeness (QED) is 0.900. The number of hydrogen-bond acceptors (Lipinski definition) is 1. The average molecular weight is 283 g/mol. The highest BCUT2D eigenvalue weighted by molar-refractivity contribution is 5.83. The van der Waals surface area contributed by atoms with Crippen molar-refractivity contribution in [2.75, 3.05) is 0 Å². The molecular formula is C19H25NO. The van der Waals surface area contributed by atoms with E-state index in [0.29, 0.717) is 11.8 Å². The molecule has 5 atom stereocenters. The molecule has 2 nitrogen and oxygen atoms in total. The maximum atomic E-state index is 12.3. The van der Waals surface area contributed by atoms with Gasteiger partial charge in [-0.25, -0.2) is 0 Å². The van der Waals surface area contributed by atoms with E-state index in [2.05, 4.69) is 37.3 Å². The molecule has 21 heavy (non-hydrogen) atoms. The lowest BCUT2D eigenvalue weighted by Gasteiger charge is -2.43. The van der Waals surface area contributed by atoms with Gasteiger partial charge in [0.1, 0.15) is 0 Å². The Morgan fingerprint density at radius 2 is 2.00 bits per heavy atom. The monoisotopic (exact) mass is 283 g/mol. The average Bonchev–Trinajstić information content (AvgIpc) is 2.86. The summed E-state index contributed by atoms with van der Waals surface area (Å²) in [5.41, 5.74) is 7.39. The standard InChI is InChI=1S/C19H25NO/c1-2-6-15-13-9-18(14-7-4-3-5-8-14)11-16(15)19(10-13,12-18)17(20)21/h3-5,7-8,13,15-16H,2,6,9-12H2,1H3,(H2,20,21). The summed E-state index contributed by atoms with van der Waals surface area (Å²) in [6.07, 6.45) is 7.02. The van der Waals surface area contributed by atoms with E-state index < -0.39 is 0 Å². The van der Waals surface area contributed by atoms with Gasteiger partial charge in [0, 0.05) is 0 Å². The minimum Gasteiger partial charge on any atom is -0.369 e. The number of nitrogens with two attached hydrogens (primary N) is 1. The molecule has 0 aromatic heterocycles. The normalized spacial score (nSPS) is 43.4. The van der Waals surface area contributed by atoms with Crippen LogP contribution in [0, 0.1) is 23.2 Å². The largest absolute Gasteiger partial charge is 0.369 e. The van der Waals surface area contributed by atoms with Crippen molar-refractivity contribution in [1.29, 1.82) is 0 Å². The van der Waals surface area contributed by atoms with Crippen LogP contribution in [0.3, 0.4) is 0 Å². The molecule has 0 radical (unpaired) electrons. The van der Waals surface area contributed by atoms with Gasteiger partial charge in [0.15, 0.2) is 0 Å². The van der Waals surface area contributed by atoms with Crippen molar-refractivity contribution in [3.63, 3.8) is 0 Å². The fourth-order valence-corrected chi connectivity index (χ4v) is 6.31. The first-order valence-corrected chi connectivity index (χ1v) is 8.47. The van der Waals surface area contributed by atoms with Crippen molar-refractivity contribution in [2.45, 2.75) is 50.9 Å². The van der Waals surface area contributed by atoms with E-state index in [1.54, 1.807) is 0 Å². The molecule has 2 heteroatoms. The molecule has 2 N–H and O–H groups in total. The molecule has 0 spiro atoms. The molecule has 5 unspecified atom stereocenters. The lowest BCUT2D eigenvalue weighted by atomic mass is 9.61. The van der Waals surface area contributed by atoms with Crippen molar-refractivity contribution < 1.29 is 4.79 Å². The molecule has 1 aromatic carbocycles. The zero-order valence-corrected chi connectivity index (χ0v) is 12.8. The number of amides is 1. The Balaban J connectivity index is 1.77. The van der Waals surface area contributed by atoms with Crippen LogP contribution in [0.25, 0.3) is 0 Å². The van der Waals surface area contributed by atoms with Crippen molar-refractivity contribution in [1.82, 2.24) is 0 Å². The van der Waals surface area contributed by atoms with Crippen molar-refractivity contribution >= 4 is 5.91 Å². The molecule has 0 heterocycles. The summed E-state index contributed by atoms with van der Waals surface area (Å²) in [4.78, 5) is 12.3. The van der Waals surface area contributed by atoms with Gasteiger partial charge in [0.2, 0.25) is 5.91 Å². The Bertz CT molecular complexity index is 568. The van der Waals surface area contributed by atoms with Gasteiger partial charge in [0.25, 0.3) is 0 Å². The van der Waals surface area contributed by atoms with Gasteiger partial charge < -0.3 is 5.73 Å². The van der Waals surface area contributed by atoms with Gasteiger partial charge in [0.05, 0.1) is 5.41 Å². The smallest absolute Gasteiger partial charge is 0.223 e. The zero-order chi connectivity index (χ0) is 14.7. The highest BCUT2D eigenvalue weighted by Crippen LogP contribution is 2.73. The van der Waals surface area contributed by atoms with Crippen LogP contribution in [0.2, 0.25) is 0 Å². The van der Waals surface area contributed by atoms with Crippen LogP contribution in [0.4, 0.5) is 0 Å². The number of primary amides is 1. The van der Waals surface area contributed by atoms with Crippen LogP contribution in [0.15, 0.2) is 30.3 Å². The zero-order valence-electron chi connectivity index (χ0n) is 12.8. The first kappa shape index (κ1) is 13.4. The summed E-state index contributed by atoms with van der Waals surface area (Å²) in [6, 6.07) is 10.9. The summed E-state index contributed by atoms with van der Waals surface area (Å²) < 4.78 is 0. The van der Waals surface area contributed by atoms with E-state index in [4.69, 9.17) is 5.73 Å². The molecule has 0 aliphatic heterocycles. The fraction of sp³-hybridized carbons (Fsp3) is 0.632. The van der Waals surface area contributed by atoms with Crippen LogP contribution in [-0.2, 0) is 10.2 Å². The number of rotatable bonds is 4. The molecule has 4 aliphatic rings. The molecular weight excluding hydrogens is 258 g/mol. The second kappa shape index (κ2) is 4.34. The molecule has 4 fully saturated rings. The maximum absolute atomic E-state index is 12.3. The van der Waals surface area contributed by atoms with E-state index in [1.165, 1.54) is 31.2 Å². The third-order valence-electron chi connectivity index (χ3n) is 6.87. The summed E-state index contributed by atoms with van der Waals surface area (Å²) in [5.74, 6) is 1.97. The number of carbonyl (C=O) groups is 1. The van der Waals surface area contributed by atoms with Gasteiger partial charge in [-0.05, 0) is 54.4 Å². The SMILES string of the molecule is CCCC1C2CC3(c4ccccc4)CC1C(C(N)=O)(C2)C3. The van der Waals surface area contributed by atoms with Crippen molar-refractivity contribution in [3.8, 4) is 0 Å². The fourth-order valence-electron chi connectivity index (χ4n) is 6.31. The summed E-state index contributed by atoms with van der Waals surface area (Å²) in [7, 11) is 0. The summed E-state index contributed by atoms with van der Waals surface area (Å²) in [5, 5.41) is 0. The Labute approximate surface area is 127 Å². The number of benzene rings is 1. The minimum absolute atomic E-state index is 0.0198. The number of carbonyl (C=O) groups excluding carboxylic acids is 1. The van der Waals surface area contributed by atoms with E-state index in [1.807, 2.05) is 0 Å². The van der Waals surface area contributed by atoms with Gasteiger partial charge in [-0.2, -0.15) is 0 Å². The molecule has 1 aromatic rings. The molecule has 4 bridgehead atoms. The lowest BCUT2D eigenvalue weighted by Crippen LogP contribution is -2.41. The first-order chi connectivity index (χ1) is 10.1. The van der Waals surface area contributed by atoms with Crippen LogP contribution < -0.4 is 5.73 Å². The van der Waals surface area contributed by atoms with Crippen molar-refractivity contribution in [2.24, 2.45) is 28.9 Å². The predicted molar refractivity (Wildman–Crippen MR) is 83.6 cm³/mol. The maximum Gasteiger partial charge on any atom is 0.223 e. The topological polar surface area (TPSA) is 43.1 Å². The van der Waals surface area contributed by atoms with Crippen LogP contribution in [-0.4, -0.2) is 5.91 Å². The first-order valence-electron chi connectivity index (χ1n) is 8.47. The molecule has 1 amide bonds. The summed E-state index contributed by atoms with van der Waals surface area (Å²) >= 11 is 0. The van der Waals surface area contributed by atoms with E-state index in [0.717, 1.165) is 18.8 Å². The Hall–Kier alpha value is -1.31. The van der Waals surface area contributed by atoms with Crippen LogP contribution >= 0.6 is 0 Å². The van der Waals surface area contributed by atoms with Gasteiger partial charge in [-0.1, -0.05) is 50.1 Å². The molecule has 4 aliphatic carbocycles. The van der Waals surface area contributed by atoms with Crippen LogP contribution in [0.5, 0.6) is 0 Å². The van der Waals surface area contributed by atoms with Gasteiger partial charge in [-0.15, -0.1) is 0 Å². The second-order valence-corrected chi connectivity index (χ2v) is 7.77. The molecule has 4 saturated carbocycles. The third kappa shape index (κ3) is 1.62. The van der Waals surface area contributed by atoms with Gasteiger partial charge in [-0.3, -0.25) is 4.79 Å². The highest BCUT2D eigenvalue weighted by atomic mass is 16.1. The van der Waals surface area contributed by atoms with E-state index >= 15 is 0 Å². The van der Waals surface area contributed by atoms with Crippen LogP contribution in [0.1, 0.15) is 51.0 Å². The minimum atomic E-state index is -0.196. The predicted octanol–water partition coefficient (Wildman–Crippen LogP) is 3.65. The second-order valence-electron chi connectivity index (χ2n) is 7.77. The third-order valence-corrected chi connectivity index (χ3v) is 6.87.